The molecule has 1 amide bonds. The number of amides is 1. The lowest BCUT2D eigenvalue weighted by molar-refractivity contribution is -0.136. The van der Waals surface area contributed by atoms with Crippen LogP contribution in [0.2, 0.25) is 0 Å². The highest BCUT2D eigenvalue weighted by Crippen LogP contribution is 2.18. The highest BCUT2D eigenvalue weighted by molar-refractivity contribution is 7.13. The van der Waals surface area contributed by atoms with Gasteiger partial charge in [-0.2, -0.15) is 0 Å². The maximum Gasteiger partial charge on any atom is 0.225 e. The quantitative estimate of drug-likeness (QED) is 0.815. The van der Waals surface area contributed by atoms with Gasteiger partial charge < -0.3 is 15.5 Å². The van der Waals surface area contributed by atoms with Crippen LogP contribution < -0.4 is 10.6 Å². The number of nitrogens with zero attached hydrogens (tertiary/aromatic N) is 3. The summed E-state index contributed by atoms with van der Waals surface area (Å²) in [5.74, 6) is 0.369. The molecule has 24 heavy (non-hydrogen) atoms. The van der Waals surface area contributed by atoms with Gasteiger partial charge in [-0.3, -0.25) is 9.69 Å². The van der Waals surface area contributed by atoms with E-state index >= 15 is 0 Å². The Morgan fingerprint density at radius 3 is 2.88 bits per heavy atom. The van der Waals surface area contributed by atoms with Crippen LogP contribution in [0.4, 0.5) is 5.13 Å². The van der Waals surface area contributed by atoms with Crippen LogP contribution in [0.25, 0.3) is 0 Å². The van der Waals surface area contributed by atoms with Gasteiger partial charge in [0.15, 0.2) is 5.13 Å². The van der Waals surface area contributed by atoms with E-state index in [0.29, 0.717) is 6.04 Å². The van der Waals surface area contributed by atoms with Gasteiger partial charge in [-0.15, -0.1) is 11.3 Å². The molecule has 2 aliphatic heterocycles. The molecule has 3 heterocycles. The summed E-state index contributed by atoms with van der Waals surface area (Å²) < 4.78 is 0. The fourth-order valence-electron chi connectivity index (χ4n) is 3.32. The number of rotatable bonds is 6. The van der Waals surface area contributed by atoms with Crippen LogP contribution >= 0.6 is 11.3 Å². The number of carbonyl (C=O) groups is 1. The minimum Gasteiger partial charge on any atom is -0.360 e. The molecule has 7 heteroatoms. The van der Waals surface area contributed by atoms with Crippen LogP contribution in [-0.4, -0.2) is 66.0 Å². The van der Waals surface area contributed by atoms with Gasteiger partial charge in [-0.1, -0.05) is 13.8 Å². The molecule has 2 N–H and O–H groups in total. The predicted molar refractivity (Wildman–Crippen MR) is 98.3 cm³/mol. The third-order valence-corrected chi connectivity index (χ3v) is 5.63. The van der Waals surface area contributed by atoms with E-state index in [1.54, 1.807) is 11.3 Å². The Kier molecular flexibility index (Phi) is 6.08. The summed E-state index contributed by atoms with van der Waals surface area (Å²) in [6.45, 7) is 10.5. The van der Waals surface area contributed by atoms with Gasteiger partial charge in [0.1, 0.15) is 0 Å². The third-order valence-electron chi connectivity index (χ3n) is 4.78. The molecule has 0 aromatic carbocycles. The molecular weight excluding hydrogens is 322 g/mol. The number of hydrogen-bond donors (Lipinski definition) is 2. The van der Waals surface area contributed by atoms with E-state index in [9.17, 15) is 4.79 Å². The fourth-order valence-corrected chi connectivity index (χ4v) is 4.03. The first-order valence-electron chi connectivity index (χ1n) is 9.04. The number of carbonyl (C=O) groups excluding carboxylic acids is 1. The summed E-state index contributed by atoms with van der Waals surface area (Å²) in [5.41, 5.74) is 1.13. The van der Waals surface area contributed by atoms with Gasteiger partial charge in [0.2, 0.25) is 5.91 Å². The van der Waals surface area contributed by atoms with Crippen molar-refractivity contribution >= 4 is 22.4 Å². The van der Waals surface area contributed by atoms with E-state index < -0.39 is 0 Å². The van der Waals surface area contributed by atoms with E-state index in [0.717, 1.165) is 56.6 Å². The average molecular weight is 352 g/mol. The molecule has 2 saturated heterocycles. The first kappa shape index (κ1) is 17.6. The van der Waals surface area contributed by atoms with Crippen LogP contribution in [0.1, 0.15) is 32.4 Å². The van der Waals surface area contributed by atoms with Crippen molar-refractivity contribution in [1.82, 2.24) is 20.1 Å². The first-order valence-corrected chi connectivity index (χ1v) is 9.92. The van der Waals surface area contributed by atoms with Crippen molar-refractivity contribution in [2.75, 3.05) is 44.6 Å². The minimum atomic E-state index is 0.0954. The Balaban J connectivity index is 1.41. The summed E-state index contributed by atoms with van der Waals surface area (Å²) in [4.78, 5) is 21.1. The van der Waals surface area contributed by atoms with Crippen molar-refractivity contribution in [1.29, 1.82) is 0 Å². The van der Waals surface area contributed by atoms with Crippen LogP contribution in [-0.2, 0) is 11.3 Å². The lowest BCUT2D eigenvalue weighted by Crippen LogP contribution is -2.49. The van der Waals surface area contributed by atoms with Crippen molar-refractivity contribution in [3.05, 3.63) is 11.1 Å². The second kappa shape index (κ2) is 8.27. The Labute approximate surface area is 148 Å². The van der Waals surface area contributed by atoms with Crippen molar-refractivity contribution < 1.29 is 4.79 Å². The second-order valence-corrected chi connectivity index (χ2v) is 7.93. The lowest BCUT2D eigenvalue weighted by atomic mass is 10.1. The molecule has 3 rings (SSSR count). The standard InChI is InChI=1S/C17H29N5OS/c1-13(2)16(23)22-8-6-21(7-9-22)11-15-12-24-17(20-15)19-10-14-4-3-5-18-14/h12-14,18H,3-11H2,1-2H3,(H,19,20). The Morgan fingerprint density at radius 2 is 2.21 bits per heavy atom. The topological polar surface area (TPSA) is 60.5 Å². The molecule has 0 saturated carbocycles. The third kappa shape index (κ3) is 4.68. The average Bonchev–Trinajstić information content (AvgIpc) is 3.24. The van der Waals surface area contributed by atoms with E-state index in [-0.39, 0.29) is 11.8 Å². The summed E-state index contributed by atoms with van der Waals surface area (Å²) in [6, 6.07) is 0.587. The highest BCUT2D eigenvalue weighted by Gasteiger charge is 2.23. The lowest BCUT2D eigenvalue weighted by Gasteiger charge is -2.35. The number of thiazole rings is 1. The monoisotopic (exact) mass is 351 g/mol. The van der Waals surface area contributed by atoms with Gasteiger partial charge in [0.25, 0.3) is 0 Å². The molecule has 2 aliphatic rings. The SMILES string of the molecule is CC(C)C(=O)N1CCN(Cc2csc(NCC3CCCN3)n2)CC1. The zero-order chi connectivity index (χ0) is 16.9. The molecule has 0 spiro atoms. The van der Waals surface area contributed by atoms with E-state index in [2.05, 4.69) is 20.9 Å². The number of hydrogen-bond acceptors (Lipinski definition) is 6. The molecule has 1 atom stereocenters. The van der Waals surface area contributed by atoms with Crippen molar-refractivity contribution in [2.45, 2.75) is 39.3 Å². The zero-order valence-corrected chi connectivity index (χ0v) is 15.6. The maximum absolute atomic E-state index is 12.0. The molecule has 0 radical (unpaired) electrons. The van der Waals surface area contributed by atoms with Crippen LogP contribution in [0.3, 0.4) is 0 Å². The van der Waals surface area contributed by atoms with Gasteiger partial charge in [-0.25, -0.2) is 4.98 Å². The van der Waals surface area contributed by atoms with Gasteiger partial charge in [0, 0.05) is 56.6 Å². The summed E-state index contributed by atoms with van der Waals surface area (Å²) in [7, 11) is 0. The molecule has 1 aromatic rings. The smallest absolute Gasteiger partial charge is 0.225 e. The number of piperazine rings is 1. The largest absolute Gasteiger partial charge is 0.360 e. The maximum atomic E-state index is 12.0. The fraction of sp³-hybridized carbons (Fsp3) is 0.765. The van der Waals surface area contributed by atoms with Gasteiger partial charge in [-0.05, 0) is 19.4 Å². The van der Waals surface area contributed by atoms with Crippen LogP contribution in [0.15, 0.2) is 5.38 Å². The summed E-state index contributed by atoms with van der Waals surface area (Å²) in [6.07, 6.45) is 2.53. The van der Waals surface area contributed by atoms with E-state index in [4.69, 9.17) is 4.98 Å². The molecular formula is C17H29N5OS. The molecule has 134 valence electrons. The summed E-state index contributed by atoms with van der Waals surface area (Å²) >= 11 is 1.69. The normalized spacial score (nSPS) is 22.3. The molecule has 1 unspecified atom stereocenters. The van der Waals surface area contributed by atoms with E-state index in [1.807, 2.05) is 18.7 Å². The Hall–Kier alpha value is -1.18. The first-order chi connectivity index (χ1) is 11.6. The molecule has 0 bridgehead atoms. The zero-order valence-electron chi connectivity index (χ0n) is 14.8. The van der Waals surface area contributed by atoms with Gasteiger partial charge >= 0.3 is 0 Å². The number of nitrogens with one attached hydrogen (secondary N) is 2. The van der Waals surface area contributed by atoms with Crippen molar-refractivity contribution in [3.63, 3.8) is 0 Å². The molecule has 2 fully saturated rings. The molecule has 6 nitrogen and oxygen atoms in total. The predicted octanol–water partition coefficient (Wildman–Crippen LogP) is 1.61. The highest BCUT2D eigenvalue weighted by atomic mass is 32.1. The Bertz CT molecular complexity index is 533. The number of anilines is 1. The Morgan fingerprint density at radius 1 is 1.42 bits per heavy atom. The molecule has 0 aliphatic carbocycles. The second-order valence-electron chi connectivity index (χ2n) is 7.07. The van der Waals surface area contributed by atoms with E-state index in [1.165, 1.54) is 12.8 Å². The number of aromatic nitrogens is 1. The molecule has 1 aromatic heterocycles. The van der Waals surface area contributed by atoms with Crippen LogP contribution in [0, 0.1) is 5.92 Å². The van der Waals surface area contributed by atoms with Crippen molar-refractivity contribution in [2.24, 2.45) is 5.92 Å². The summed E-state index contributed by atoms with van der Waals surface area (Å²) in [5, 5.41) is 10.1. The minimum absolute atomic E-state index is 0.0954. The van der Waals surface area contributed by atoms with Crippen molar-refractivity contribution in [3.8, 4) is 0 Å². The van der Waals surface area contributed by atoms with Crippen LogP contribution in [0.5, 0.6) is 0 Å². The van der Waals surface area contributed by atoms with Gasteiger partial charge in [0.05, 0.1) is 5.69 Å².